The van der Waals surface area contributed by atoms with E-state index in [2.05, 4.69) is 21.4 Å². The van der Waals surface area contributed by atoms with Crippen LogP contribution in [-0.4, -0.2) is 10.7 Å². The number of nitrogens with one attached hydrogen (secondary N) is 1. The molecule has 0 aromatic heterocycles. The lowest BCUT2D eigenvalue weighted by Gasteiger charge is -2.25. The third-order valence-corrected chi connectivity index (χ3v) is 4.73. The lowest BCUT2D eigenvalue weighted by molar-refractivity contribution is -0.134. The van der Waals surface area contributed by atoms with E-state index in [1.165, 1.54) is 19.3 Å². The predicted octanol–water partition coefficient (Wildman–Crippen LogP) is 3.58. The van der Waals surface area contributed by atoms with Gasteiger partial charge in [0.25, 0.3) is 5.91 Å². The quantitative estimate of drug-likeness (QED) is 0.663. The van der Waals surface area contributed by atoms with Gasteiger partial charge in [-0.25, -0.2) is 5.48 Å². The second-order valence-corrected chi connectivity index (χ2v) is 6.03. The van der Waals surface area contributed by atoms with Crippen LogP contribution >= 0.6 is 15.9 Å². The second-order valence-electron chi connectivity index (χ2n) is 5.04. The van der Waals surface area contributed by atoms with Crippen molar-refractivity contribution >= 4 is 21.8 Å². The molecule has 1 aliphatic rings. The van der Waals surface area contributed by atoms with E-state index in [9.17, 15) is 4.79 Å². The van der Waals surface area contributed by atoms with Crippen molar-refractivity contribution in [3.05, 3.63) is 35.9 Å². The van der Waals surface area contributed by atoms with Gasteiger partial charge in [-0.3, -0.25) is 9.63 Å². The number of halogens is 1. The number of hydrogen-bond donors (Lipinski definition) is 1. The number of carbonyl (C=O) groups excluding carboxylic acids is 1. The minimum atomic E-state index is -0.136. The Morgan fingerprint density at radius 3 is 2.63 bits per heavy atom. The van der Waals surface area contributed by atoms with Crippen molar-refractivity contribution in [2.24, 2.45) is 5.92 Å². The Kier molecular flexibility index (Phi) is 5.86. The molecule has 1 amide bonds. The van der Waals surface area contributed by atoms with Gasteiger partial charge in [0.2, 0.25) is 0 Å². The molecule has 0 aliphatic heterocycles. The smallest absolute Gasteiger partial charge is 0.257 e. The van der Waals surface area contributed by atoms with E-state index in [4.69, 9.17) is 4.84 Å². The molecular weight excluding hydrogens is 306 g/mol. The second kappa shape index (κ2) is 7.65. The van der Waals surface area contributed by atoms with Gasteiger partial charge in [0.15, 0.2) is 0 Å². The van der Waals surface area contributed by atoms with E-state index in [-0.39, 0.29) is 10.7 Å². The van der Waals surface area contributed by atoms with E-state index in [0.717, 1.165) is 18.4 Å². The maximum absolute atomic E-state index is 11.9. The Hall–Kier alpha value is -0.870. The standard InChI is InChI=1S/C15H20BrNO2/c16-14(13-9-5-2-6-10-13)15(18)17-19-11-12-7-3-1-4-8-12/h1,3-4,7-8,13-14H,2,5-6,9-11H2,(H,17,18). The van der Waals surface area contributed by atoms with Crippen molar-refractivity contribution in [2.75, 3.05) is 0 Å². The first-order valence-electron chi connectivity index (χ1n) is 6.87. The molecule has 1 atom stereocenters. The van der Waals surface area contributed by atoms with Crippen molar-refractivity contribution in [1.29, 1.82) is 0 Å². The van der Waals surface area contributed by atoms with Crippen molar-refractivity contribution in [3.63, 3.8) is 0 Å². The Labute approximate surface area is 122 Å². The highest BCUT2D eigenvalue weighted by molar-refractivity contribution is 9.10. The summed E-state index contributed by atoms with van der Waals surface area (Å²) in [6.07, 6.45) is 6.00. The van der Waals surface area contributed by atoms with Crippen LogP contribution in [0.15, 0.2) is 30.3 Å². The highest BCUT2D eigenvalue weighted by atomic mass is 79.9. The van der Waals surface area contributed by atoms with Gasteiger partial charge < -0.3 is 0 Å². The summed E-state index contributed by atoms with van der Waals surface area (Å²) in [6.45, 7) is 0.400. The highest BCUT2D eigenvalue weighted by Crippen LogP contribution is 2.30. The fraction of sp³-hybridized carbons (Fsp3) is 0.533. The predicted molar refractivity (Wildman–Crippen MR) is 78.7 cm³/mol. The fourth-order valence-corrected chi connectivity index (χ4v) is 3.08. The molecule has 0 spiro atoms. The summed E-state index contributed by atoms with van der Waals surface area (Å²) < 4.78 is 0. The average Bonchev–Trinajstić information content (AvgIpc) is 2.48. The topological polar surface area (TPSA) is 38.3 Å². The van der Waals surface area contributed by atoms with Crippen molar-refractivity contribution < 1.29 is 9.63 Å². The number of alkyl halides is 1. The highest BCUT2D eigenvalue weighted by Gasteiger charge is 2.27. The number of hydroxylamine groups is 1. The molecule has 0 saturated heterocycles. The molecule has 1 aromatic carbocycles. The summed E-state index contributed by atoms with van der Waals surface area (Å²) in [6, 6.07) is 9.81. The van der Waals surface area contributed by atoms with E-state index in [1.807, 2.05) is 30.3 Å². The number of rotatable bonds is 5. The maximum Gasteiger partial charge on any atom is 0.257 e. The Bertz CT molecular complexity index is 390. The summed E-state index contributed by atoms with van der Waals surface area (Å²) in [5.74, 6) is 0.372. The Balaban J connectivity index is 1.71. The number of carbonyl (C=O) groups is 1. The third-order valence-electron chi connectivity index (χ3n) is 3.57. The molecular formula is C15H20BrNO2. The maximum atomic E-state index is 11.9. The lowest BCUT2D eigenvalue weighted by atomic mass is 9.87. The zero-order valence-electron chi connectivity index (χ0n) is 11.0. The molecule has 1 unspecified atom stereocenters. The van der Waals surface area contributed by atoms with Gasteiger partial charge >= 0.3 is 0 Å². The first-order valence-corrected chi connectivity index (χ1v) is 7.78. The van der Waals surface area contributed by atoms with Crippen LogP contribution in [-0.2, 0) is 16.2 Å². The van der Waals surface area contributed by atoms with E-state index >= 15 is 0 Å². The number of benzene rings is 1. The normalized spacial score (nSPS) is 17.9. The van der Waals surface area contributed by atoms with Crippen molar-refractivity contribution in [3.8, 4) is 0 Å². The third kappa shape index (κ3) is 4.62. The van der Waals surface area contributed by atoms with Gasteiger partial charge in [0.1, 0.15) is 0 Å². The molecule has 19 heavy (non-hydrogen) atoms. The first-order chi connectivity index (χ1) is 9.27. The Morgan fingerprint density at radius 2 is 1.95 bits per heavy atom. The molecule has 0 bridgehead atoms. The van der Waals surface area contributed by atoms with Gasteiger partial charge in [-0.2, -0.15) is 0 Å². The van der Waals surface area contributed by atoms with Crippen LogP contribution in [0.2, 0.25) is 0 Å². The molecule has 104 valence electrons. The van der Waals surface area contributed by atoms with Gasteiger partial charge in [0, 0.05) is 0 Å². The van der Waals surface area contributed by atoms with Crippen LogP contribution in [0, 0.1) is 5.92 Å². The molecule has 2 rings (SSSR count). The summed E-state index contributed by atoms with van der Waals surface area (Å²) in [4.78, 5) is 17.1. The molecule has 3 nitrogen and oxygen atoms in total. The monoisotopic (exact) mass is 325 g/mol. The summed E-state index contributed by atoms with van der Waals surface area (Å²) in [5.41, 5.74) is 3.59. The van der Waals surface area contributed by atoms with E-state index in [0.29, 0.717) is 12.5 Å². The summed E-state index contributed by atoms with van der Waals surface area (Å²) in [7, 11) is 0. The first kappa shape index (κ1) is 14.5. The zero-order chi connectivity index (χ0) is 13.5. The summed E-state index contributed by atoms with van der Waals surface area (Å²) in [5, 5.41) is 0. The SMILES string of the molecule is O=C(NOCc1ccccc1)C(Br)C1CCCCC1. The van der Waals surface area contributed by atoms with E-state index in [1.54, 1.807) is 0 Å². The molecule has 1 N–H and O–H groups in total. The zero-order valence-corrected chi connectivity index (χ0v) is 12.6. The molecule has 0 heterocycles. The molecule has 1 aliphatic carbocycles. The lowest BCUT2D eigenvalue weighted by Crippen LogP contribution is -2.36. The number of amides is 1. The van der Waals surface area contributed by atoms with Gasteiger partial charge in [0.05, 0.1) is 11.4 Å². The van der Waals surface area contributed by atoms with Crippen molar-refractivity contribution in [2.45, 2.75) is 43.5 Å². The van der Waals surface area contributed by atoms with Crippen LogP contribution in [0.5, 0.6) is 0 Å². The number of hydrogen-bond acceptors (Lipinski definition) is 2. The van der Waals surface area contributed by atoms with Crippen molar-refractivity contribution in [1.82, 2.24) is 5.48 Å². The largest absolute Gasteiger partial charge is 0.271 e. The molecule has 0 radical (unpaired) electrons. The molecule has 1 saturated carbocycles. The van der Waals surface area contributed by atoms with Gasteiger partial charge in [-0.15, -0.1) is 0 Å². The molecule has 1 fully saturated rings. The average molecular weight is 326 g/mol. The van der Waals surface area contributed by atoms with Gasteiger partial charge in [-0.1, -0.05) is 65.5 Å². The van der Waals surface area contributed by atoms with Crippen LogP contribution in [0.25, 0.3) is 0 Å². The van der Waals surface area contributed by atoms with Crippen LogP contribution < -0.4 is 5.48 Å². The summed E-state index contributed by atoms with van der Waals surface area (Å²) >= 11 is 3.50. The van der Waals surface area contributed by atoms with Crippen LogP contribution in [0.4, 0.5) is 0 Å². The molecule has 4 heteroatoms. The van der Waals surface area contributed by atoms with E-state index < -0.39 is 0 Å². The van der Waals surface area contributed by atoms with Gasteiger partial charge in [-0.05, 0) is 24.3 Å². The van der Waals surface area contributed by atoms with Crippen LogP contribution in [0.3, 0.4) is 0 Å². The minimum absolute atomic E-state index is 0.0668. The molecule has 1 aromatic rings. The Morgan fingerprint density at radius 1 is 1.26 bits per heavy atom. The minimum Gasteiger partial charge on any atom is -0.271 e. The van der Waals surface area contributed by atoms with Crippen LogP contribution in [0.1, 0.15) is 37.7 Å². The fourth-order valence-electron chi connectivity index (χ4n) is 2.46.